The largest absolute Gasteiger partial charge is 0.547 e. The van der Waals surface area contributed by atoms with Crippen LogP contribution in [-0.4, -0.2) is 211 Å². The van der Waals surface area contributed by atoms with Gasteiger partial charge in [-0.25, -0.2) is 0 Å². The second kappa shape index (κ2) is 17.8. The fourth-order valence-electron chi connectivity index (χ4n) is 6.27. The summed E-state index contributed by atoms with van der Waals surface area (Å²) >= 11 is 0. The number of carboxylic acid groups (broad SMARTS) is 2. The minimum absolute atomic E-state index is 0.784. The molecule has 4 aliphatic rings. The van der Waals surface area contributed by atoms with Gasteiger partial charge in [0.1, 0.15) is 97.5 Å². The van der Waals surface area contributed by atoms with Gasteiger partial charge < -0.3 is 115 Å². The zero-order chi connectivity index (χ0) is 39.6. The van der Waals surface area contributed by atoms with E-state index in [0.29, 0.717) is 0 Å². The summed E-state index contributed by atoms with van der Waals surface area (Å²) in [7, 11) is 0. The van der Waals surface area contributed by atoms with E-state index in [9.17, 15) is 80.5 Å². The number of aliphatic hydroxyl groups is 10. The Morgan fingerprint density at radius 2 is 0.962 bits per heavy atom. The van der Waals surface area contributed by atoms with E-state index in [1.807, 2.05) is 0 Å². The summed E-state index contributed by atoms with van der Waals surface area (Å²) in [5.74, 6) is -5.84. The van der Waals surface area contributed by atoms with Gasteiger partial charge in [0.2, 0.25) is 11.8 Å². The zero-order valence-corrected chi connectivity index (χ0v) is 27.7. The van der Waals surface area contributed by atoms with Crippen LogP contribution in [0.15, 0.2) is 0 Å². The lowest BCUT2D eigenvalue weighted by Gasteiger charge is -2.50. The van der Waals surface area contributed by atoms with Gasteiger partial charge in [-0.3, -0.25) is 9.59 Å². The van der Waals surface area contributed by atoms with Crippen LogP contribution in [0.5, 0.6) is 0 Å². The van der Waals surface area contributed by atoms with Crippen molar-refractivity contribution in [1.29, 1.82) is 0 Å². The molecular formula is C28H42N2O23-2. The first-order valence-electron chi connectivity index (χ1n) is 16.0. The standard InChI is InChI=1S/C28H44N2O23/c1-5(33)29-9-13(37)11(35)7(3-31)47-26(9)51-20-15(39)17(41)28(53-22(20)24(44)45)50-18-10(30-6(2)34)27(48-8(4-32)12(18)36)52-19-14(38)16(40)25(46)49-21(19)23(42)43/h7-22,25-28,31-32,35-41,46H,3-4H2,1-2H3,(H,29,33)(H,30,34)(H,42,43)(H,44,45)/p-2/t7-,8-,9-,10-,11-,12-,13-,14-,15-,16-,17-,18-,19+,20+,21+,22+,25?,26+,27+,28-/m1/s1. The first-order chi connectivity index (χ1) is 24.8. The van der Waals surface area contributed by atoms with E-state index in [-0.39, 0.29) is 0 Å². The molecule has 0 saturated carbocycles. The van der Waals surface area contributed by atoms with Gasteiger partial charge in [-0.1, -0.05) is 0 Å². The minimum atomic E-state index is -2.40. The predicted molar refractivity (Wildman–Crippen MR) is 153 cm³/mol. The highest BCUT2D eigenvalue weighted by Crippen LogP contribution is 2.34. The molecule has 2 amide bonds. The molecule has 0 spiro atoms. The molecule has 20 atom stereocenters. The molecule has 25 heteroatoms. The lowest BCUT2D eigenvalue weighted by Crippen LogP contribution is -2.71. The number of carbonyl (C=O) groups is 4. The number of ether oxygens (including phenoxy) is 7. The highest BCUT2D eigenvalue weighted by molar-refractivity contribution is 5.74. The predicted octanol–water partition coefficient (Wildman–Crippen LogP) is -11.9. The molecule has 0 aliphatic carbocycles. The molecule has 4 heterocycles. The second-order valence-electron chi connectivity index (χ2n) is 12.7. The molecular weight excluding hydrogens is 732 g/mol. The molecule has 4 saturated heterocycles. The van der Waals surface area contributed by atoms with Crippen molar-refractivity contribution < 1.29 is 114 Å². The Hall–Kier alpha value is -2.80. The first kappa shape index (κ1) is 42.9. The third-order valence-corrected chi connectivity index (χ3v) is 8.92. The van der Waals surface area contributed by atoms with Gasteiger partial charge in [0, 0.05) is 13.8 Å². The van der Waals surface area contributed by atoms with Crippen LogP contribution in [0.2, 0.25) is 0 Å². The van der Waals surface area contributed by atoms with E-state index in [0.717, 1.165) is 13.8 Å². The number of amides is 2. The maximum absolute atomic E-state index is 12.3. The van der Waals surface area contributed by atoms with Crippen molar-refractivity contribution >= 4 is 23.8 Å². The average Bonchev–Trinajstić information content (AvgIpc) is 3.09. The molecule has 1 unspecified atom stereocenters. The topological polar surface area (TPSA) is 405 Å². The number of carboxylic acids is 2. The Morgan fingerprint density at radius 1 is 0.528 bits per heavy atom. The third-order valence-electron chi connectivity index (χ3n) is 8.92. The summed E-state index contributed by atoms with van der Waals surface area (Å²) in [5, 5.41) is 133. The van der Waals surface area contributed by atoms with Crippen molar-refractivity contribution in [1.82, 2.24) is 10.6 Å². The molecule has 0 bridgehead atoms. The number of nitrogens with one attached hydrogen (secondary N) is 2. The molecule has 0 aromatic heterocycles. The molecule has 4 fully saturated rings. The van der Waals surface area contributed by atoms with E-state index >= 15 is 0 Å². The van der Waals surface area contributed by atoms with E-state index in [1.54, 1.807) is 0 Å². The molecule has 0 aromatic rings. The number of aliphatic hydroxyl groups excluding tert-OH is 10. The number of carbonyl (C=O) groups excluding carboxylic acids is 4. The molecule has 25 nitrogen and oxygen atoms in total. The number of rotatable bonds is 12. The molecule has 0 aromatic carbocycles. The highest BCUT2D eigenvalue weighted by Gasteiger charge is 2.56. The monoisotopic (exact) mass is 774 g/mol. The summed E-state index contributed by atoms with van der Waals surface area (Å²) in [6, 6.07) is -3.47. The number of hydrogen-bond donors (Lipinski definition) is 12. The summed E-state index contributed by atoms with van der Waals surface area (Å²) in [5.41, 5.74) is 0. The molecule has 12 N–H and O–H groups in total. The molecule has 0 radical (unpaired) electrons. The van der Waals surface area contributed by atoms with Crippen LogP contribution in [0, 0.1) is 0 Å². The van der Waals surface area contributed by atoms with Crippen molar-refractivity contribution in [3.63, 3.8) is 0 Å². The van der Waals surface area contributed by atoms with Gasteiger partial charge in [0.25, 0.3) is 0 Å². The highest BCUT2D eigenvalue weighted by atomic mass is 16.8. The van der Waals surface area contributed by atoms with Crippen molar-refractivity contribution in [2.75, 3.05) is 13.2 Å². The first-order valence-corrected chi connectivity index (χ1v) is 16.0. The minimum Gasteiger partial charge on any atom is -0.547 e. The Bertz CT molecular complexity index is 1300. The van der Waals surface area contributed by atoms with E-state index < -0.39 is 160 Å². The van der Waals surface area contributed by atoms with Gasteiger partial charge in [-0.15, -0.1) is 0 Å². The quantitative estimate of drug-likeness (QED) is 0.0875. The van der Waals surface area contributed by atoms with Crippen molar-refractivity contribution in [2.45, 2.75) is 137 Å². The smallest absolute Gasteiger partial charge is 0.217 e. The molecule has 53 heavy (non-hydrogen) atoms. The van der Waals surface area contributed by atoms with Crippen LogP contribution in [0.4, 0.5) is 0 Å². The number of aliphatic carboxylic acids is 2. The Kier molecular flexibility index (Phi) is 14.4. The fraction of sp³-hybridized carbons (Fsp3) is 0.857. The Labute approximate surface area is 298 Å². The van der Waals surface area contributed by atoms with Gasteiger partial charge in [-0.05, 0) is 0 Å². The molecule has 4 rings (SSSR count). The van der Waals surface area contributed by atoms with E-state index in [1.165, 1.54) is 0 Å². The van der Waals surface area contributed by atoms with Crippen LogP contribution in [0.1, 0.15) is 13.8 Å². The number of hydrogen-bond acceptors (Lipinski definition) is 23. The Balaban J connectivity index is 1.62. The van der Waals surface area contributed by atoms with Gasteiger partial charge in [0.15, 0.2) is 25.2 Å². The summed E-state index contributed by atoms with van der Waals surface area (Å²) in [6.45, 7) is 0.0224. The molecule has 304 valence electrons. The average molecular weight is 775 g/mol. The second-order valence-corrected chi connectivity index (χ2v) is 12.7. The fourth-order valence-corrected chi connectivity index (χ4v) is 6.27. The maximum Gasteiger partial charge on any atom is 0.217 e. The van der Waals surface area contributed by atoms with Crippen LogP contribution in [0.3, 0.4) is 0 Å². The van der Waals surface area contributed by atoms with Crippen LogP contribution in [0.25, 0.3) is 0 Å². The lowest BCUT2D eigenvalue weighted by atomic mass is 9.94. The van der Waals surface area contributed by atoms with Crippen molar-refractivity contribution in [3.05, 3.63) is 0 Å². The van der Waals surface area contributed by atoms with Crippen molar-refractivity contribution in [2.24, 2.45) is 0 Å². The normalized spacial score (nSPS) is 46.3. The van der Waals surface area contributed by atoms with Gasteiger partial charge in [0.05, 0.1) is 25.2 Å². The zero-order valence-electron chi connectivity index (χ0n) is 27.7. The Morgan fingerprint density at radius 3 is 1.45 bits per heavy atom. The van der Waals surface area contributed by atoms with Gasteiger partial charge >= 0.3 is 0 Å². The van der Waals surface area contributed by atoms with Crippen molar-refractivity contribution in [3.8, 4) is 0 Å². The summed E-state index contributed by atoms with van der Waals surface area (Å²) < 4.78 is 37.7. The summed E-state index contributed by atoms with van der Waals surface area (Å²) in [6.07, 6.45) is -37.4. The van der Waals surface area contributed by atoms with E-state index in [4.69, 9.17) is 33.2 Å². The maximum atomic E-state index is 12.3. The van der Waals surface area contributed by atoms with Crippen LogP contribution < -0.4 is 20.8 Å². The molecule has 4 aliphatic heterocycles. The third kappa shape index (κ3) is 9.19. The summed E-state index contributed by atoms with van der Waals surface area (Å²) in [4.78, 5) is 48.2. The SMILES string of the molecule is CC(=O)N[C@H]1[C@H](O[C@H]2[C@H](O)[C@@H](O)[C@H](O[C@H]3[C@H](O)[C@@H](CO)O[C@@H](O[C@H]4[C@H](O)[C@@H](O)C(O)O[C@@H]4C(=O)[O-])[C@@H]3NC(C)=O)O[C@@H]2C(=O)[O-])O[C@H](CO)[C@@H](O)[C@@H]1O. The lowest BCUT2D eigenvalue weighted by molar-refractivity contribution is -0.386. The van der Waals surface area contributed by atoms with Gasteiger partial charge in [-0.2, -0.15) is 0 Å². The van der Waals surface area contributed by atoms with E-state index in [2.05, 4.69) is 10.6 Å². The van der Waals surface area contributed by atoms with Crippen LogP contribution in [-0.2, 0) is 52.3 Å². The van der Waals surface area contributed by atoms with Crippen LogP contribution >= 0.6 is 0 Å².